The molecule has 0 aliphatic heterocycles. The van der Waals surface area contributed by atoms with Crippen LogP contribution in [0.1, 0.15) is 29.0 Å². The molecule has 0 aliphatic carbocycles. The first-order chi connectivity index (χ1) is 9.78. The molecule has 0 aromatic heterocycles. The van der Waals surface area contributed by atoms with Crippen molar-refractivity contribution in [1.82, 2.24) is 0 Å². The minimum Gasteiger partial charge on any atom is -0.497 e. The number of rotatable bonds is 5. The Balaban J connectivity index is 2.33. The molecule has 1 atom stereocenters. The van der Waals surface area contributed by atoms with Crippen LogP contribution in [0, 0.1) is 11.3 Å². The summed E-state index contributed by atoms with van der Waals surface area (Å²) in [5.41, 5.74) is 2.71. The molecule has 0 fully saturated rings. The standard InChI is InChI=1S/C17H15NO2/c1-20-16-8-6-15(7-9-16)17(10-11-19)14-4-2-13(12-18)3-5-14/h2-9,11,17H,10H2,1H3. The van der Waals surface area contributed by atoms with Crippen LogP contribution in [-0.2, 0) is 4.79 Å². The third kappa shape index (κ3) is 3.04. The predicted octanol–water partition coefficient (Wildman–Crippen LogP) is 3.29. The summed E-state index contributed by atoms with van der Waals surface area (Å²) in [5.74, 6) is 0.796. The van der Waals surface area contributed by atoms with Crippen molar-refractivity contribution in [2.24, 2.45) is 0 Å². The molecule has 0 aliphatic rings. The highest BCUT2D eigenvalue weighted by Crippen LogP contribution is 2.28. The molecule has 2 aromatic carbocycles. The van der Waals surface area contributed by atoms with Crippen LogP contribution in [0.3, 0.4) is 0 Å². The Labute approximate surface area is 118 Å². The number of aldehydes is 1. The lowest BCUT2D eigenvalue weighted by molar-refractivity contribution is -0.108. The molecule has 0 bridgehead atoms. The number of methoxy groups -OCH3 is 1. The van der Waals surface area contributed by atoms with E-state index in [0.29, 0.717) is 12.0 Å². The molecule has 0 amide bonds. The molecule has 0 saturated carbocycles. The van der Waals surface area contributed by atoms with Crippen LogP contribution < -0.4 is 4.74 Å². The lowest BCUT2D eigenvalue weighted by Crippen LogP contribution is -2.02. The van der Waals surface area contributed by atoms with Gasteiger partial charge >= 0.3 is 0 Å². The molecule has 0 spiro atoms. The van der Waals surface area contributed by atoms with Gasteiger partial charge in [-0.05, 0) is 35.4 Å². The van der Waals surface area contributed by atoms with E-state index in [0.717, 1.165) is 23.2 Å². The molecule has 0 heterocycles. The zero-order valence-corrected chi connectivity index (χ0v) is 11.2. The Kier molecular flexibility index (Phi) is 4.52. The smallest absolute Gasteiger partial charge is 0.120 e. The summed E-state index contributed by atoms with van der Waals surface area (Å²) in [6.45, 7) is 0. The first-order valence-electron chi connectivity index (χ1n) is 6.36. The van der Waals surface area contributed by atoms with E-state index in [1.165, 1.54) is 0 Å². The van der Waals surface area contributed by atoms with Gasteiger partial charge in [0.15, 0.2) is 0 Å². The number of nitriles is 1. The summed E-state index contributed by atoms with van der Waals surface area (Å²) in [6.07, 6.45) is 1.34. The second-order valence-electron chi connectivity index (χ2n) is 4.46. The SMILES string of the molecule is COc1ccc(C(CC=O)c2ccc(C#N)cc2)cc1. The van der Waals surface area contributed by atoms with E-state index < -0.39 is 0 Å². The molecule has 1 unspecified atom stereocenters. The molecule has 0 saturated heterocycles. The van der Waals surface area contributed by atoms with Gasteiger partial charge in [0.1, 0.15) is 12.0 Å². The summed E-state index contributed by atoms with van der Waals surface area (Å²) in [6, 6.07) is 17.1. The number of hydrogen-bond acceptors (Lipinski definition) is 3. The molecular weight excluding hydrogens is 250 g/mol. The fraction of sp³-hybridized carbons (Fsp3) is 0.176. The molecule has 100 valence electrons. The van der Waals surface area contributed by atoms with Crippen LogP contribution in [0.25, 0.3) is 0 Å². The van der Waals surface area contributed by atoms with E-state index in [2.05, 4.69) is 6.07 Å². The first kappa shape index (κ1) is 13.8. The zero-order chi connectivity index (χ0) is 14.4. The third-order valence-electron chi connectivity index (χ3n) is 3.29. The van der Waals surface area contributed by atoms with Gasteiger partial charge in [-0.2, -0.15) is 5.26 Å². The monoisotopic (exact) mass is 265 g/mol. The van der Waals surface area contributed by atoms with E-state index in [1.54, 1.807) is 19.2 Å². The van der Waals surface area contributed by atoms with Crippen LogP contribution in [0.2, 0.25) is 0 Å². The normalized spacial score (nSPS) is 11.4. The van der Waals surface area contributed by atoms with Crippen molar-refractivity contribution >= 4 is 6.29 Å². The van der Waals surface area contributed by atoms with Crippen molar-refractivity contribution in [3.63, 3.8) is 0 Å². The Morgan fingerprint density at radius 1 is 1.10 bits per heavy atom. The van der Waals surface area contributed by atoms with Gasteiger partial charge in [-0.25, -0.2) is 0 Å². The Morgan fingerprint density at radius 2 is 1.65 bits per heavy atom. The lowest BCUT2D eigenvalue weighted by Gasteiger charge is -2.15. The Morgan fingerprint density at radius 3 is 2.10 bits per heavy atom. The van der Waals surface area contributed by atoms with Gasteiger partial charge in [-0.1, -0.05) is 24.3 Å². The van der Waals surface area contributed by atoms with Crippen LogP contribution in [-0.4, -0.2) is 13.4 Å². The average Bonchev–Trinajstić information content (AvgIpc) is 2.53. The highest BCUT2D eigenvalue weighted by atomic mass is 16.5. The fourth-order valence-electron chi connectivity index (χ4n) is 2.19. The summed E-state index contributed by atoms with van der Waals surface area (Å²) in [4.78, 5) is 10.9. The number of ether oxygens (including phenoxy) is 1. The Bertz CT molecular complexity index is 609. The van der Waals surface area contributed by atoms with Gasteiger partial charge in [0.25, 0.3) is 0 Å². The average molecular weight is 265 g/mol. The predicted molar refractivity (Wildman–Crippen MR) is 76.7 cm³/mol. The van der Waals surface area contributed by atoms with Gasteiger partial charge in [0, 0.05) is 12.3 Å². The number of carbonyl (C=O) groups is 1. The molecule has 2 aromatic rings. The maximum atomic E-state index is 10.9. The zero-order valence-electron chi connectivity index (χ0n) is 11.2. The minimum atomic E-state index is 0.00569. The summed E-state index contributed by atoms with van der Waals surface area (Å²) < 4.78 is 5.14. The van der Waals surface area contributed by atoms with Crippen LogP contribution in [0.15, 0.2) is 48.5 Å². The van der Waals surface area contributed by atoms with Gasteiger partial charge in [0.05, 0.1) is 18.7 Å². The maximum Gasteiger partial charge on any atom is 0.120 e. The van der Waals surface area contributed by atoms with Crippen LogP contribution >= 0.6 is 0 Å². The summed E-state index contributed by atoms with van der Waals surface area (Å²) >= 11 is 0. The third-order valence-corrected chi connectivity index (χ3v) is 3.29. The number of benzene rings is 2. The van der Waals surface area contributed by atoms with Crippen molar-refractivity contribution in [1.29, 1.82) is 5.26 Å². The van der Waals surface area contributed by atoms with Crippen LogP contribution in [0.5, 0.6) is 5.75 Å². The quantitative estimate of drug-likeness (QED) is 0.779. The van der Waals surface area contributed by atoms with E-state index in [-0.39, 0.29) is 5.92 Å². The second kappa shape index (κ2) is 6.53. The van der Waals surface area contributed by atoms with Gasteiger partial charge in [-0.15, -0.1) is 0 Å². The van der Waals surface area contributed by atoms with Crippen molar-refractivity contribution in [2.75, 3.05) is 7.11 Å². The molecule has 3 nitrogen and oxygen atoms in total. The largest absolute Gasteiger partial charge is 0.497 e. The molecule has 0 radical (unpaired) electrons. The van der Waals surface area contributed by atoms with E-state index in [4.69, 9.17) is 10.00 Å². The molecule has 20 heavy (non-hydrogen) atoms. The van der Waals surface area contributed by atoms with Crippen molar-refractivity contribution in [3.05, 3.63) is 65.2 Å². The lowest BCUT2D eigenvalue weighted by atomic mass is 9.88. The topological polar surface area (TPSA) is 50.1 Å². The first-order valence-corrected chi connectivity index (χ1v) is 6.36. The highest BCUT2D eigenvalue weighted by Gasteiger charge is 2.13. The second-order valence-corrected chi connectivity index (χ2v) is 4.46. The molecule has 3 heteroatoms. The van der Waals surface area contributed by atoms with E-state index in [9.17, 15) is 4.79 Å². The summed E-state index contributed by atoms with van der Waals surface area (Å²) in [5, 5.41) is 8.83. The van der Waals surface area contributed by atoms with E-state index in [1.807, 2.05) is 36.4 Å². The van der Waals surface area contributed by atoms with Crippen molar-refractivity contribution in [3.8, 4) is 11.8 Å². The van der Waals surface area contributed by atoms with Gasteiger partial charge in [-0.3, -0.25) is 0 Å². The molecule has 2 rings (SSSR count). The maximum absolute atomic E-state index is 10.9. The highest BCUT2D eigenvalue weighted by molar-refractivity contribution is 5.54. The number of hydrogen-bond donors (Lipinski definition) is 0. The van der Waals surface area contributed by atoms with Crippen LogP contribution in [0.4, 0.5) is 0 Å². The molecular formula is C17H15NO2. The fourth-order valence-corrected chi connectivity index (χ4v) is 2.19. The Hall–Kier alpha value is -2.60. The van der Waals surface area contributed by atoms with Crippen molar-refractivity contribution < 1.29 is 9.53 Å². The molecule has 0 N–H and O–H groups in total. The van der Waals surface area contributed by atoms with Crippen molar-refractivity contribution in [2.45, 2.75) is 12.3 Å². The number of carbonyl (C=O) groups excluding carboxylic acids is 1. The number of nitrogens with zero attached hydrogens (tertiary/aromatic N) is 1. The van der Waals surface area contributed by atoms with E-state index >= 15 is 0 Å². The minimum absolute atomic E-state index is 0.00569. The van der Waals surface area contributed by atoms with Gasteiger partial charge < -0.3 is 9.53 Å². The summed E-state index contributed by atoms with van der Waals surface area (Å²) in [7, 11) is 1.62. The van der Waals surface area contributed by atoms with Gasteiger partial charge in [0.2, 0.25) is 0 Å².